The van der Waals surface area contributed by atoms with Crippen LogP contribution in [0.15, 0.2) is 24.8 Å². The van der Waals surface area contributed by atoms with Gasteiger partial charge in [0.25, 0.3) is 0 Å². The molecule has 0 aromatic carbocycles. The van der Waals surface area contributed by atoms with Crippen molar-refractivity contribution >= 4 is 16.3 Å². The van der Waals surface area contributed by atoms with E-state index in [9.17, 15) is 0 Å². The van der Waals surface area contributed by atoms with Gasteiger partial charge in [-0.15, -0.1) is 21.5 Å². The van der Waals surface area contributed by atoms with Crippen LogP contribution in [0.25, 0.3) is 5.00 Å². The fourth-order valence-corrected chi connectivity index (χ4v) is 1.51. The van der Waals surface area contributed by atoms with Crippen molar-refractivity contribution in [3.63, 3.8) is 0 Å². The summed E-state index contributed by atoms with van der Waals surface area (Å²) >= 11 is 1.51. The number of aromatic nitrogens is 3. The number of rotatable bonds is 1. The second kappa shape index (κ2) is 2.35. The molecular formula is C6H6N4S. The summed E-state index contributed by atoms with van der Waals surface area (Å²) in [6.45, 7) is 0. The first kappa shape index (κ1) is 6.36. The highest BCUT2D eigenvalue weighted by atomic mass is 32.1. The van der Waals surface area contributed by atoms with Gasteiger partial charge in [0.2, 0.25) is 0 Å². The van der Waals surface area contributed by atoms with Crippen LogP contribution in [0.1, 0.15) is 0 Å². The summed E-state index contributed by atoms with van der Waals surface area (Å²) in [7, 11) is 0. The quantitative estimate of drug-likeness (QED) is 0.685. The molecule has 0 bridgehead atoms. The smallest absolute Gasteiger partial charge is 0.124 e. The molecule has 5 heteroatoms. The number of anilines is 1. The van der Waals surface area contributed by atoms with E-state index in [4.69, 9.17) is 5.73 Å². The third-order valence-electron chi connectivity index (χ3n) is 1.29. The summed E-state index contributed by atoms with van der Waals surface area (Å²) in [4.78, 5) is 0. The Morgan fingerprint density at radius 1 is 1.27 bits per heavy atom. The summed E-state index contributed by atoms with van der Waals surface area (Å²) in [5, 5.41) is 9.21. The molecule has 2 rings (SSSR count). The van der Waals surface area contributed by atoms with Gasteiger partial charge < -0.3 is 5.73 Å². The molecule has 2 aromatic rings. The first-order valence-corrected chi connectivity index (χ1v) is 3.88. The van der Waals surface area contributed by atoms with Gasteiger partial charge in [0, 0.05) is 0 Å². The van der Waals surface area contributed by atoms with Gasteiger partial charge in [-0.05, 0) is 12.1 Å². The van der Waals surface area contributed by atoms with Crippen LogP contribution >= 0.6 is 11.3 Å². The molecule has 2 heterocycles. The molecule has 0 spiro atoms. The normalized spacial score (nSPS) is 10.2. The van der Waals surface area contributed by atoms with Gasteiger partial charge in [-0.25, -0.2) is 0 Å². The van der Waals surface area contributed by atoms with Crippen molar-refractivity contribution < 1.29 is 0 Å². The highest BCUT2D eigenvalue weighted by molar-refractivity contribution is 7.18. The van der Waals surface area contributed by atoms with Crippen LogP contribution in [0.2, 0.25) is 0 Å². The molecule has 4 nitrogen and oxygen atoms in total. The molecule has 0 aliphatic rings. The monoisotopic (exact) mass is 166 g/mol. The summed E-state index contributed by atoms with van der Waals surface area (Å²) in [6.07, 6.45) is 3.29. The predicted octanol–water partition coefficient (Wildman–Crippen LogP) is 0.911. The molecule has 11 heavy (non-hydrogen) atoms. The molecule has 0 saturated heterocycles. The van der Waals surface area contributed by atoms with Crippen LogP contribution in [0, 0.1) is 0 Å². The predicted molar refractivity (Wildman–Crippen MR) is 43.6 cm³/mol. The number of nitrogens with two attached hydrogens (primary N) is 1. The van der Waals surface area contributed by atoms with E-state index in [1.807, 2.05) is 16.7 Å². The summed E-state index contributed by atoms with van der Waals surface area (Å²) in [5.41, 5.74) is 5.55. The van der Waals surface area contributed by atoms with Crippen LogP contribution in [-0.4, -0.2) is 14.8 Å². The first-order chi connectivity index (χ1) is 5.36. The fraction of sp³-hybridized carbons (Fsp3) is 0. The number of hydrogen-bond donors (Lipinski definition) is 1. The molecular weight excluding hydrogens is 160 g/mol. The van der Waals surface area contributed by atoms with Crippen LogP contribution in [-0.2, 0) is 0 Å². The standard InChI is InChI=1S/C6H6N4S/c7-5-1-2-6(11-5)10-3-8-9-4-10/h1-4H,7H2. The van der Waals surface area contributed by atoms with Crippen molar-refractivity contribution in [1.82, 2.24) is 14.8 Å². The highest BCUT2D eigenvalue weighted by Gasteiger charge is 1.97. The maximum Gasteiger partial charge on any atom is 0.124 e. The van der Waals surface area contributed by atoms with E-state index in [0.717, 1.165) is 10.0 Å². The van der Waals surface area contributed by atoms with E-state index in [0.29, 0.717) is 0 Å². The van der Waals surface area contributed by atoms with E-state index in [1.165, 1.54) is 11.3 Å². The Labute approximate surface area is 67.3 Å². The van der Waals surface area contributed by atoms with Gasteiger partial charge in [0.1, 0.15) is 17.7 Å². The topological polar surface area (TPSA) is 56.7 Å². The molecule has 0 saturated carbocycles. The minimum Gasteiger partial charge on any atom is -0.391 e. The molecule has 2 N–H and O–H groups in total. The Morgan fingerprint density at radius 2 is 2.00 bits per heavy atom. The Morgan fingerprint density at radius 3 is 2.55 bits per heavy atom. The largest absolute Gasteiger partial charge is 0.391 e. The van der Waals surface area contributed by atoms with Crippen molar-refractivity contribution in [3.05, 3.63) is 24.8 Å². The van der Waals surface area contributed by atoms with E-state index in [-0.39, 0.29) is 0 Å². The van der Waals surface area contributed by atoms with Crippen LogP contribution in [0.3, 0.4) is 0 Å². The number of hydrogen-bond acceptors (Lipinski definition) is 4. The van der Waals surface area contributed by atoms with Crippen molar-refractivity contribution in [2.75, 3.05) is 5.73 Å². The second-order valence-corrected chi connectivity index (χ2v) is 3.14. The zero-order valence-electron chi connectivity index (χ0n) is 5.64. The van der Waals surface area contributed by atoms with Crippen LogP contribution < -0.4 is 5.73 Å². The average molecular weight is 166 g/mol. The fourth-order valence-electron chi connectivity index (χ4n) is 0.795. The average Bonchev–Trinajstić information content (AvgIpc) is 2.55. The van der Waals surface area contributed by atoms with Gasteiger partial charge in [-0.1, -0.05) is 0 Å². The Hall–Kier alpha value is -1.36. The Kier molecular flexibility index (Phi) is 1.36. The van der Waals surface area contributed by atoms with Crippen molar-refractivity contribution in [2.45, 2.75) is 0 Å². The first-order valence-electron chi connectivity index (χ1n) is 3.06. The maximum atomic E-state index is 5.55. The van der Waals surface area contributed by atoms with Crippen molar-refractivity contribution in [2.24, 2.45) is 0 Å². The highest BCUT2D eigenvalue weighted by Crippen LogP contribution is 2.21. The molecule has 0 fully saturated rings. The second-order valence-electron chi connectivity index (χ2n) is 2.05. The number of nitrogen functional groups attached to an aromatic ring is 1. The number of nitrogens with zero attached hydrogens (tertiary/aromatic N) is 3. The van der Waals surface area contributed by atoms with E-state index >= 15 is 0 Å². The minimum atomic E-state index is 0.800. The number of thiophene rings is 1. The summed E-state index contributed by atoms with van der Waals surface area (Å²) in [5.74, 6) is 0. The summed E-state index contributed by atoms with van der Waals surface area (Å²) < 4.78 is 1.82. The van der Waals surface area contributed by atoms with Crippen LogP contribution in [0.5, 0.6) is 0 Å². The molecule has 0 atom stereocenters. The Bertz CT molecular complexity index is 337. The zero-order valence-corrected chi connectivity index (χ0v) is 6.45. The molecule has 0 aliphatic heterocycles. The molecule has 0 radical (unpaired) electrons. The van der Waals surface area contributed by atoms with Gasteiger partial charge in [0.15, 0.2) is 0 Å². The Balaban J connectivity index is 2.45. The third kappa shape index (κ3) is 1.10. The van der Waals surface area contributed by atoms with Gasteiger partial charge in [-0.2, -0.15) is 0 Å². The maximum absolute atomic E-state index is 5.55. The molecule has 56 valence electrons. The lowest BCUT2D eigenvalue weighted by Gasteiger charge is -1.91. The molecule has 2 aromatic heterocycles. The lowest BCUT2D eigenvalue weighted by atomic mass is 10.6. The zero-order chi connectivity index (χ0) is 7.68. The SMILES string of the molecule is Nc1ccc(-n2cnnc2)s1. The van der Waals surface area contributed by atoms with Gasteiger partial charge >= 0.3 is 0 Å². The minimum absolute atomic E-state index is 0.800. The van der Waals surface area contributed by atoms with Gasteiger partial charge in [0.05, 0.1) is 5.00 Å². The third-order valence-corrected chi connectivity index (χ3v) is 2.21. The van der Waals surface area contributed by atoms with E-state index in [2.05, 4.69) is 10.2 Å². The van der Waals surface area contributed by atoms with Crippen LogP contribution in [0.4, 0.5) is 5.00 Å². The van der Waals surface area contributed by atoms with Crippen molar-refractivity contribution in [1.29, 1.82) is 0 Å². The lowest BCUT2D eigenvalue weighted by molar-refractivity contribution is 1.09. The van der Waals surface area contributed by atoms with Gasteiger partial charge in [-0.3, -0.25) is 4.57 Å². The molecule has 0 amide bonds. The lowest BCUT2D eigenvalue weighted by Crippen LogP contribution is -1.83. The molecule has 0 unspecified atom stereocenters. The van der Waals surface area contributed by atoms with E-state index in [1.54, 1.807) is 12.7 Å². The van der Waals surface area contributed by atoms with Crippen molar-refractivity contribution in [3.8, 4) is 5.00 Å². The molecule has 0 aliphatic carbocycles. The summed E-state index contributed by atoms with van der Waals surface area (Å²) in [6, 6.07) is 3.80. The van der Waals surface area contributed by atoms with E-state index < -0.39 is 0 Å².